The van der Waals surface area contributed by atoms with Crippen molar-refractivity contribution in [3.05, 3.63) is 95.6 Å². The normalized spacial score (nSPS) is 15.2. The first-order valence-electron chi connectivity index (χ1n) is 10.5. The molecule has 1 atom stereocenters. The Kier molecular flexibility index (Phi) is 5.11. The molecule has 0 spiro atoms. The SMILES string of the molecule is O=C(O)c1cccc(-c2cnc(C(=O)[C@@H]3CCc4cc(-c5ccccc5)ccc4C3)o2)n1. The molecule has 0 amide bonds. The summed E-state index contributed by atoms with van der Waals surface area (Å²) >= 11 is 0. The Labute approximate surface area is 184 Å². The zero-order valence-electron chi connectivity index (χ0n) is 17.2. The molecule has 0 saturated carbocycles. The van der Waals surface area contributed by atoms with Crippen LogP contribution < -0.4 is 0 Å². The van der Waals surface area contributed by atoms with E-state index in [1.54, 1.807) is 12.1 Å². The fourth-order valence-electron chi connectivity index (χ4n) is 4.16. The van der Waals surface area contributed by atoms with Crippen LogP contribution in [0.2, 0.25) is 0 Å². The third-order valence-electron chi connectivity index (χ3n) is 5.85. The van der Waals surface area contributed by atoms with Crippen LogP contribution in [-0.2, 0) is 12.8 Å². The molecule has 6 heteroatoms. The average Bonchev–Trinajstić information content (AvgIpc) is 3.34. The van der Waals surface area contributed by atoms with E-state index in [0.717, 1.165) is 12.8 Å². The highest BCUT2D eigenvalue weighted by molar-refractivity contribution is 5.94. The number of nitrogens with zero attached hydrogens (tertiary/aromatic N) is 2. The van der Waals surface area contributed by atoms with Gasteiger partial charge in [-0.1, -0.05) is 54.6 Å². The average molecular weight is 424 g/mol. The van der Waals surface area contributed by atoms with Gasteiger partial charge in [-0.15, -0.1) is 0 Å². The minimum Gasteiger partial charge on any atom is -0.477 e. The molecule has 2 aromatic heterocycles. The largest absolute Gasteiger partial charge is 0.477 e. The van der Waals surface area contributed by atoms with Gasteiger partial charge in [0.05, 0.1) is 6.20 Å². The lowest BCUT2D eigenvalue weighted by Crippen LogP contribution is -2.23. The third-order valence-corrected chi connectivity index (χ3v) is 5.85. The zero-order chi connectivity index (χ0) is 22.1. The molecule has 1 N–H and O–H groups in total. The maximum Gasteiger partial charge on any atom is 0.354 e. The summed E-state index contributed by atoms with van der Waals surface area (Å²) in [7, 11) is 0. The fourth-order valence-corrected chi connectivity index (χ4v) is 4.16. The van der Waals surface area contributed by atoms with Gasteiger partial charge in [-0.3, -0.25) is 4.79 Å². The number of Topliss-reactive ketones (excluding diaryl/α,β-unsaturated/α-hetero) is 1. The second kappa shape index (κ2) is 8.23. The predicted octanol–water partition coefficient (Wildman–Crippen LogP) is 5.09. The number of fused-ring (bicyclic) bond motifs is 1. The number of oxazole rings is 1. The number of carboxylic acid groups (broad SMARTS) is 1. The maximum atomic E-state index is 13.0. The Morgan fingerprint density at radius 1 is 0.938 bits per heavy atom. The van der Waals surface area contributed by atoms with E-state index in [2.05, 4.69) is 40.3 Å². The zero-order valence-corrected chi connectivity index (χ0v) is 17.2. The molecule has 1 aliphatic rings. The van der Waals surface area contributed by atoms with Gasteiger partial charge >= 0.3 is 5.97 Å². The standard InChI is InChI=1S/C26H20N2O4/c29-24(25-27-15-23(32-25)21-7-4-8-22(28-21)26(30)31)20-12-11-18-13-17(9-10-19(18)14-20)16-5-2-1-3-6-16/h1-10,13,15,20H,11-12,14H2,(H,30,31)/t20-/m1/s1. The highest BCUT2D eigenvalue weighted by Crippen LogP contribution is 2.32. The van der Waals surface area contributed by atoms with Crippen LogP contribution >= 0.6 is 0 Å². The first-order chi connectivity index (χ1) is 15.6. The molecule has 0 aliphatic heterocycles. The van der Waals surface area contributed by atoms with Gasteiger partial charge < -0.3 is 9.52 Å². The number of hydrogen-bond donors (Lipinski definition) is 1. The summed E-state index contributed by atoms with van der Waals surface area (Å²) in [6.45, 7) is 0. The summed E-state index contributed by atoms with van der Waals surface area (Å²) in [5.41, 5.74) is 5.06. The van der Waals surface area contributed by atoms with Gasteiger partial charge in [-0.25, -0.2) is 14.8 Å². The number of aromatic nitrogens is 2. The van der Waals surface area contributed by atoms with E-state index in [1.807, 2.05) is 18.2 Å². The summed E-state index contributed by atoms with van der Waals surface area (Å²) in [5, 5.41) is 9.12. The number of pyridine rings is 1. The lowest BCUT2D eigenvalue weighted by molar-refractivity contribution is 0.0690. The van der Waals surface area contributed by atoms with Crippen LogP contribution in [0.1, 0.15) is 38.7 Å². The smallest absolute Gasteiger partial charge is 0.354 e. The van der Waals surface area contributed by atoms with Gasteiger partial charge in [-0.05, 0) is 53.6 Å². The number of aromatic carboxylic acids is 1. The second-order valence-electron chi connectivity index (χ2n) is 7.90. The van der Waals surface area contributed by atoms with E-state index >= 15 is 0 Å². The van der Waals surface area contributed by atoms with Crippen LogP contribution in [0.5, 0.6) is 0 Å². The van der Waals surface area contributed by atoms with Crippen molar-refractivity contribution in [1.82, 2.24) is 9.97 Å². The van der Waals surface area contributed by atoms with E-state index in [9.17, 15) is 9.59 Å². The number of rotatable bonds is 5. The lowest BCUT2D eigenvalue weighted by Gasteiger charge is -2.23. The van der Waals surface area contributed by atoms with Crippen molar-refractivity contribution >= 4 is 11.8 Å². The van der Waals surface area contributed by atoms with Gasteiger partial charge in [0.1, 0.15) is 11.4 Å². The Morgan fingerprint density at radius 2 is 1.78 bits per heavy atom. The molecule has 0 bridgehead atoms. The van der Waals surface area contributed by atoms with Crippen molar-refractivity contribution in [2.45, 2.75) is 19.3 Å². The fraction of sp³-hybridized carbons (Fsp3) is 0.154. The molecular weight excluding hydrogens is 404 g/mol. The van der Waals surface area contributed by atoms with Gasteiger partial charge in [0.15, 0.2) is 5.76 Å². The quantitative estimate of drug-likeness (QED) is 0.449. The Hall–Kier alpha value is -4.06. The molecule has 0 fully saturated rings. The topological polar surface area (TPSA) is 93.3 Å². The van der Waals surface area contributed by atoms with E-state index in [4.69, 9.17) is 9.52 Å². The summed E-state index contributed by atoms with van der Waals surface area (Å²) in [4.78, 5) is 32.4. The number of benzene rings is 2. The van der Waals surface area contributed by atoms with E-state index in [-0.39, 0.29) is 29.0 Å². The Bertz CT molecular complexity index is 1310. The highest BCUT2D eigenvalue weighted by atomic mass is 16.4. The van der Waals surface area contributed by atoms with Crippen LogP contribution in [0.25, 0.3) is 22.6 Å². The molecule has 158 valence electrons. The first-order valence-corrected chi connectivity index (χ1v) is 10.5. The van der Waals surface area contributed by atoms with Crippen molar-refractivity contribution in [1.29, 1.82) is 0 Å². The molecule has 32 heavy (non-hydrogen) atoms. The molecular formula is C26H20N2O4. The van der Waals surface area contributed by atoms with Crippen LogP contribution in [0.15, 0.2) is 77.3 Å². The lowest BCUT2D eigenvalue weighted by atomic mass is 9.80. The van der Waals surface area contributed by atoms with Gasteiger partial charge in [0.2, 0.25) is 5.78 Å². The molecule has 2 aromatic carbocycles. The van der Waals surface area contributed by atoms with E-state index in [0.29, 0.717) is 12.1 Å². The first kappa shape index (κ1) is 19.9. The molecule has 1 aliphatic carbocycles. The van der Waals surface area contributed by atoms with Crippen molar-refractivity contribution < 1.29 is 19.1 Å². The van der Waals surface area contributed by atoms with Gasteiger partial charge in [-0.2, -0.15) is 0 Å². The van der Waals surface area contributed by atoms with E-state index < -0.39 is 5.97 Å². The van der Waals surface area contributed by atoms with Crippen molar-refractivity contribution in [2.75, 3.05) is 0 Å². The third kappa shape index (κ3) is 3.83. The summed E-state index contributed by atoms with van der Waals surface area (Å²) in [6.07, 6.45) is 3.62. The molecule has 5 rings (SSSR count). The minimum atomic E-state index is -1.13. The van der Waals surface area contributed by atoms with Crippen LogP contribution in [0, 0.1) is 5.92 Å². The summed E-state index contributed by atoms with van der Waals surface area (Å²) in [5.74, 6) is -1.14. The molecule has 4 aromatic rings. The molecule has 0 saturated heterocycles. The van der Waals surface area contributed by atoms with E-state index in [1.165, 1.54) is 34.5 Å². The number of carbonyl (C=O) groups is 2. The molecule has 2 heterocycles. The van der Waals surface area contributed by atoms with Crippen LogP contribution in [-0.4, -0.2) is 26.8 Å². The van der Waals surface area contributed by atoms with Crippen LogP contribution in [0.3, 0.4) is 0 Å². The predicted molar refractivity (Wildman–Crippen MR) is 118 cm³/mol. The molecule has 0 unspecified atom stereocenters. The van der Waals surface area contributed by atoms with Crippen LogP contribution in [0.4, 0.5) is 0 Å². The van der Waals surface area contributed by atoms with Crippen molar-refractivity contribution in [2.24, 2.45) is 5.92 Å². The Morgan fingerprint density at radius 3 is 2.59 bits per heavy atom. The highest BCUT2D eigenvalue weighted by Gasteiger charge is 2.29. The summed E-state index contributed by atoms with van der Waals surface area (Å²) < 4.78 is 5.67. The number of aryl methyl sites for hydroxylation is 1. The number of carboxylic acids is 1. The second-order valence-corrected chi connectivity index (χ2v) is 7.90. The number of ketones is 1. The summed E-state index contributed by atoms with van der Waals surface area (Å²) in [6, 6.07) is 21.3. The Balaban J connectivity index is 1.34. The van der Waals surface area contributed by atoms with Crippen molar-refractivity contribution in [3.63, 3.8) is 0 Å². The monoisotopic (exact) mass is 424 g/mol. The van der Waals surface area contributed by atoms with Gasteiger partial charge in [0.25, 0.3) is 5.89 Å². The molecule has 6 nitrogen and oxygen atoms in total. The maximum absolute atomic E-state index is 13.0. The molecule has 0 radical (unpaired) electrons. The van der Waals surface area contributed by atoms with Gasteiger partial charge in [0, 0.05) is 5.92 Å². The number of carbonyl (C=O) groups excluding carboxylic acids is 1. The van der Waals surface area contributed by atoms with Crippen molar-refractivity contribution in [3.8, 4) is 22.6 Å². The number of hydrogen-bond acceptors (Lipinski definition) is 5. The minimum absolute atomic E-state index is 0.0388.